The Kier molecular flexibility index (Phi) is 4.80. The van der Waals surface area contributed by atoms with E-state index in [1.165, 1.54) is 0 Å². The second-order valence-corrected chi connectivity index (χ2v) is 6.69. The molecule has 0 bridgehead atoms. The molecule has 0 aliphatic rings. The van der Waals surface area contributed by atoms with Gasteiger partial charge in [0.1, 0.15) is 6.07 Å². The quantitative estimate of drug-likeness (QED) is 0.489. The van der Waals surface area contributed by atoms with Crippen molar-refractivity contribution in [3.63, 3.8) is 0 Å². The number of carbonyl (C=O) groups excluding carboxylic acids is 1. The van der Waals surface area contributed by atoms with Crippen LogP contribution in [0.1, 0.15) is 21.6 Å². The predicted octanol–water partition coefficient (Wildman–Crippen LogP) is 4.38. The van der Waals surface area contributed by atoms with Gasteiger partial charge in [0.2, 0.25) is 0 Å². The summed E-state index contributed by atoms with van der Waals surface area (Å²) in [6.45, 7) is 3.54. The Morgan fingerprint density at radius 1 is 1.10 bits per heavy atom. The molecular weight excluding hydrogens is 364 g/mol. The Morgan fingerprint density at radius 2 is 1.83 bits per heavy atom. The first-order valence-corrected chi connectivity index (χ1v) is 9.15. The molecule has 0 spiro atoms. The van der Waals surface area contributed by atoms with Crippen LogP contribution in [-0.4, -0.2) is 27.3 Å². The maximum absolute atomic E-state index is 12.7. The van der Waals surface area contributed by atoms with Crippen LogP contribution >= 0.6 is 0 Å². The van der Waals surface area contributed by atoms with Crippen molar-refractivity contribution in [3.05, 3.63) is 77.5 Å². The molecule has 4 aromatic rings. The van der Waals surface area contributed by atoms with Gasteiger partial charge in [0, 0.05) is 5.56 Å². The van der Waals surface area contributed by atoms with Gasteiger partial charge in [0.05, 0.1) is 28.0 Å². The summed E-state index contributed by atoms with van der Waals surface area (Å²) >= 11 is 0. The summed E-state index contributed by atoms with van der Waals surface area (Å²) in [4.78, 5) is 17.5. The monoisotopic (exact) mass is 382 g/mol. The molecule has 0 fully saturated rings. The standard InChI is InChI=1S/C23H18N4O2/c1-15-8-10-18(11-9-15)27-22-21(16(2)26-27)19(23(28)29-13-12-24)14-20(25-22)17-6-4-3-5-7-17/h3-11,14H,13H2,1-2H3. The van der Waals surface area contributed by atoms with Gasteiger partial charge in [0.25, 0.3) is 0 Å². The van der Waals surface area contributed by atoms with Crippen LogP contribution in [0.15, 0.2) is 60.7 Å². The lowest BCUT2D eigenvalue weighted by Crippen LogP contribution is -2.08. The van der Waals surface area contributed by atoms with E-state index in [0.717, 1.165) is 16.8 Å². The van der Waals surface area contributed by atoms with Crippen LogP contribution in [0.3, 0.4) is 0 Å². The Morgan fingerprint density at radius 3 is 2.52 bits per heavy atom. The van der Waals surface area contributed by atoms with Crippen molar-refractivity contribution in [2.24, 2.45) is 0 Å². The van der Waals surface area contributed by atoms with E-state index in [4.69, 9.17) is 15.0 Å². The van der Waals surface area contributed by atoms with E-state index in [1.54, 1.807) is 10.7 Å². The number of carbonyl (C=O) groups is 1. The number of nitriles is 1. The number of pyridine rings is 1. The minimum absolute atomic E-state index is 0.311. The van der Waals surface area contributed by atoms with Gasteiger partial charge in [-0.3, -0.25) is 0 Å². The van der Waals surface area contributed by atoms with Crippen molar-refractivity contribution in [3.8, 4) is 23.0 Å². The minimum atomic E-state index is -0.567. The highest BCUT2D eigenvalue weighted by Crippen LogP contribution is 2.29. The molecule has 0 aliphatic heterocycles. The van der Waals surface area contributed by atoms with Gasteiger partial charge in [-0.15, -0.1) is 0 Å². The highest BCUT2D eigenvalue weighted by molar-refractivity contribution is 6.05. The molecule has 142 valence electrons. The number of fused-ring (bicyclic) bond motifs is 1. The van der Waals surface area contributed by atoms with Gasteiger partial charge in [-0.25, -0.2) is 14.5 Å². The van der Waals surface area contributed by atoms with Crippen molar-refractivity contribution >= 4 is 17.0 Å². The number of aromatic nitrogens is 3. The normalized spacial score (nSPS) is 10.7. The molecule has 6 heteroatoms. The van der Waals surface area contributed by atoms with Gasteiger partial charge in [0.15, 0.2) is 12.3 Å². The van der Waals surface area contributed by atoms with E-state index < -0.39 is 5.97 Å². The van der Waals surface area contributed by atoms with Crippen LogP contribution in [0, 0.1) is 25.2 Å². The van der Waals surface area contributed by atoms with E-state index in [-0.39, 0.29) is 6.61 Å². The number of nitrogens with zero attached hydrogens (tertiary/aromatic N) is 4. The lowest BCUT2D eigenvalue weighted by atomic mass is 10.1. The number of ether oxygens (including phenoxy) is 1. The van der Waals surface area contributed by atoms with Gasteiger partial charge < -0.3 is 4.74 Å². The van der Waals surface area contributed by atoms with E-state index >= 15 is 0 Å². The Labute approximate surface area is 168 Å². The Bertz CT molecular complexity index is 1240. The zero-order valence-electron chi connectivity index (χ0n) is 16.1. The fourth-order valence-corrected chi connectivity index (χ4v) is 3.25. The summed E-state index contributed by atoms with van der Waals surface area (Å²) in [5, 5.41) is 14.0. The van der Waals surface area contributed by atoms with Crippen molar-refractivity contribution < 1.29 is 9.53 Å². The molecular formula is C23H18N4O2. The SMILES string of the molecule is Cc1ccc(-n2nc(C)c3c(C(=O)OCC#N)cc(-c4ccccc4)nc32)cc1. The molecule has 4 rings (SSSR count). The van der Waals surface area contributed by atoms with Gasteiger partial charge >= 0.3 is 5.97 Å². The number of hydrogen-bond donors (Lipinski definition) is 0. The zero-order chi connectivity index (χ0) is 20.4. The van der Waals surface area contributed by atoms with Crippen molar-refractivity contribution in [1.29, 1.82) is 5.26 Å². The van der Waals surface area contributed by atoms with E-state index in [9.17, 15) is 4.79 Å². The number of hydrogen-bond acceptors (Lipinski definition) is 5. The van der Waals surface area contributed by atoms with E-state index in [0.29, 0.717) is 28.0 Å². The summed E-state index contributed by atoms with van der Waals surface area (Å²) in [6, 6.07) is 21.1. The number of esters is 1. The third-order valence-electron chi connectivity index (χ3n) is 4.65. The lowest BCUT2D eigenvalue weighted by molar-refractivity contribution is 0.0557. The lowest BCUT2D eigenvalue weighted by Gasteiger charge is -2.09. The summed E-state index contributed by atoms with van der Waals surface area (Å²) < 4.78 is 6.83. The molecule has 6 nitrogen and oxygen atoms in total. The van der Waals surface area contributed by atoms with Crippen molar-refractivity contribution in [2.45, 2.75) is 13.8 Å². The average molecular weight is 382 g/mol. The maximum atomic E-state index is 12.7. The topological polar surface area (TPSA) is 80.8 Å². The molecule has 0 amide bonds. The summed E-state index contributed by atoms with van der Waals surface area (Å²) in [7, 11) is 0. The second-order valence-electron chi connectivity index (χ2n) is 6.69. The number of aryl methyl sites for hydroxylation is 2. The largest absolute Gasteiger partial charge is 0.447 e. The fraction of sp³-hybridized carbons (Fsp3) is 0.130. The summed E-state index contributed by atoms with van der Waals surface area (Å²) in [5.74, 6) is -0.567. The first-order chi connectivity index (χ1) is 14.1. The molecule has 29 heavy (non-hydrogen) atoms. The van der Waals surface area contributed by atoms with E-state index in [2.05, 4.69) is 5.10 Å². The molecule has 2 heterocycles. The van der Waals surface area contributed by atoms with Crippen LogP contribution in [0.5, 0.6) is 0 Å². The summed E-state index contributed by atoms with van der Waals surface area (Å²) in [5.41, 5.74) is 5.07. The van der Waals surface area contributed by atoms with Gasteiger partial charge in [-0.05, 0) is 32.0 Å². The second kappa shape index (κ2) is 7.56. The molecule has 0 radical (unpaired) electrons. The van der Waals surface area contributed by atoms with Crippen LogP contribution < -0.4 is 0 Å². The van der Waals surface area contributed by atoms with Crippen LogP contribution in [0.2, 0.25) is 0 Å². The third kappa shape index (κ3) is 3.46. The van der Waals surface area contributed by atoms with Crippen LogP contribution in [0.25, 0.3) is 28.0 Å². The number of benzene rings is 2. The van der Waals surface area contributed by atoms with Crippen molar-refractivity contribution in [2.75, 3.05) is 6.61 Å². The van der Waals surface area contributed by atoms with Crippen LogP contribution in [0.4, 0.5) is 0 Å². The van der Waals surface area contributed by atoms with Gasteiger partial charge in [-0.2, -0.15) is 10.4 Å². The Hall–Kier alpha value is -3.98. The molecule has 0 saturated carbocycles. The van der Waals surface area contributed by atoms with Gasteiger partial charge in [-0.1, -0.05) is 48.0 Å². The van der Waals surface area contributed by atoms with Crippen LogP contribution in [-0.2, 0) is 4.74 Å². The molecule has 0 unspecified atom stereocenters. The fourth-order valence-electron chi connectivity index (χ4n) is 3.25. The zero-order valence-corrected chi connectivity index (χ0v) is 16.1. The van der Waals surface area contributed by atoms with E-state index in [1.807, 2.05) is 74.5 Å². The molecule has 0 aliphatic carbocycles. The third-order valence-corrected chi connectivity index (χ3v) is 4.65. The minimum Gasteiger partial charge on any atom is -0.447 e. The molecule has 0 atom stereocenters. The predicted molar refractivity (Wildman–Crippen MR) is 110 cm³/mol. The highest BCUT2D eigenvalue weighted by Gasteiger charge is 2.21. The smallest absolute Gasteiger partial charge is 0.340 e. The molecule has 0 saturated heterocycles. The molecule has 0 N–H and O–H groups in total. The maximum Gasteiger partial charge on any atom is 0.340 e. The first-order valence-electron chi connectivity index (χ1n) is 9.15. The molecule has 2 aromatic heterocycles. The highest BCUT2D eigenvalue weighted by atomic mass is 16.5. The first kappa shape index (κ1) is 18.4. The molecule has 2 aromatic carbocycles. The Balaban J connectivity index is 1.99. The average Bonchev–Trinajstić information content (AvgIpc) is 3.09. The van der Waals surface area contributed by atoms with Crippen molar-refractivity contribution in [1.82, 2.24) is 14.8 Å². The summed E-state index contributed by atoms with van der Waals surface area (Å²) in [6.07, 6.45) is 0. The number of rotatable bonds is 4.